The summed E-state index contributed by atoms with van der Waals surface area (Å²) in [5.74, 6) is 1.90. The summed E-state index contributed by atoms with van der Waals surface area (Å²) < 4.78 is 2.09. The Balaban J connectivity index is 0.00000320. The molecule has 0 spiro atoms. The summed E-state index contributed by atoms with van der Waals surface area (Å²) in [6.45, 7) is 11.9. The van der Waals surface area contributed by atoms with Gasteiger partial charge in [0, 0.05) is 45.2 Å². The van der Waals surface area contributed by atoms with Crippen LogP contribution in [0, 0.1) is 0 Å². The number of aryl methyl sites for hydroxylation is 1. The van der Waals surface area contributed by atoms with Crippen LogP contribution < -0.4 is 10.6 Å². The number of aromatic nitrogens is 3. The van der Waals surface area contributed by atoms with Gasteiger partial charge in [0.15, 0.2) is 5.96 Å². The predicted molar refractivity (Wildman–Crippen MR) is 133 cm³/mol. The van der Waals surface area contributed by atoms with Crippen LogP contribution in [-0.4, -0.2) is 57.8 Å². The van der Waals surface area contributed by atoms with Crippen molar-refractivity contribution in [3.05, 3.63) is 47.5 Å². The molecule has 3 rings (SSSR count). The number of hydrogen-bond donors (Lipinski definition) is 2. The van der Waals surface area contributed by atoms with Crippen molar-refractivity contribution in [1.29, 1.82) is 0 Å². The predicted octanol–water partition coefficient (Wildman–Crippen LogP) is 2.85. The lowest BCUT2D eigenvalue weighted by Crippen LogP contribution is -2.43. The molecule has 1 atom stereocenters. The molecule has 0 bridgehead atoms. The van der Waals surface area contributed by atoms with E-state index in [1.54, 1.807) is 6.33 Å². The van der Waals surface area contributed by atoms with Gasteiger partial charge in [0.2, 0.25) is 0 Å². The molecule has 0 saturated carbocycles. The average molecular weight is 525 g/mol. The fourth-order valence-corrected chi connectivity index (χ4v) is 3.90. The minimum Gasteiger partial charge on any atom is -0.357 e. The summed E-state index contributed by atoms with van der Waals surface area (Å²) in [4.78, 5) is 7.47. The van der Waals surface area contributed by atoms with Gasteiger partial charge in [-0.2, -0.15) is 0 Å². The number of hydrogen-bond acceptors (Lipinski definition) is 4. The fourth-order valence-electron chi connectivity index (χ4n) is 3.90. The van der Waals surface area contributed by atoms with Crippen LogP contribution >= 0.6 is 24.0 Å². The molecule has 2 N–H and O–H groups in total. The highest BCUT2D eigenvalue weighted by Crippen LogP contribution is 2.21. The highest BCUT2D eigenvalue weighted by Gasteiger charge is 2.22. The molecule has 0 saturated heterocycles. The van der Waals surface area contributed by atoms with E-state index in [9.17, 15) is 0 Å². The molecule has 2 aromatic rings. The summed E-state index contributed by atoms with van der Waals surface area (Å²) in [6, 6.07) is 9.28. The Labute approximate surface area is 197 Å². The molecular formula is C22H36IN7. The fraction of sp³-hybridized carbons (Fsp3) is 0.591. The quantitative estimate of drug-likeness (QED) is 0.300. The molecule has 0 fully saturated rings. The van der Waals surface area contributed by atoms with Gasteiger partial charge in [-0.05, 0) is 30.9 Å². The number of aliphatic imine (C=N–C) groups is 1. The maximum Gasteiger partial charge on any atom is 0.191 e. The number of nitrogens with one attached hydrogen (secondary N) is 2. The van der Waals surface area contributed by atoms with Crippen LogP contribution in [-0.2, 0) is 25.9 Å². The lowest BCUT2D eigenvalue weighted by atomic mass is 9.98. The first kappa shape index (κ1) is 24.6. The number of halogens is 1. The number of rotatable bonds is 9. The van der Waals surface area contributed by atoms with E-state index in [0.29, 0.717) is 6.04 Å². The second kappa shape index (κ2) is 12.9. The monoisotopic (exact) mass is 525 g/mol. The second-order valence-corrected chi connectivity index (χ2v) is 7.49. The molecule has 30 heavy (non-hydrogen) atoms. The highest BCUT2D eigenvalue weighted by atomic mass is 127. The van der Waals surface area contributed by atoms with E-state index in [4.69, 9.17) is 4.99 Å². The molecule has 1 aliphatic rings. The summed E-state index contributed by atoms with van der Waals surface area (Å²) in [6.07, 6.45) is 4.93. The first-order valence-electron chi connectivity index (χ1n) is 10.9. The second-order valence-electron chi connectivity index (χ2n) is 7.49. The van der Waals surface area contributed by atoms with Crippen LogP contribution in [0.2, 0.25) is 0 Å². The molecule has 0 aliphatic carbocycles. The third-order valence-corrected chi connectivity index (χ3v) is 5.61. The van der Waals surface area contributed by atoms with Gasteiger partial charge in [-0.15, -0.1) is 34.2 Å². The first-order valence-corrected chi connectivity index (χ1v) is 10.9. The van der Waals surface area contributed by atoms with Crippen LogP contribution in [0.1, 0.15) is 44.1 Å². The van der Waals surface area contributed by atoms with Crippen molar-refractivity contribution in [3.63, 3.8) is 0 Å². The Morgan fingerprint density at radius 3 is 2.70 bits per heavy atom. The normalized spacial score (nSPS) is 15.2. The van der Waals surface area contributed by atoms with E-state index >= 15 is 0 Å². The minimum absolute atomic E-state index is 0. The Morgan fingerprint density at radius 2 is 1.97 bits per heavy atom. The third-order valence-electron chi connectivity index (χ3n) is 5.61. The lowest BCUT2D eigenvalue weighted by molar-refractivity contribution is 0.178. The molecule has 1 unspecified atom stereocenters. The molecule has 8 heteroatoms. The Hall–Kier alpha value is -1.68. The standard InChI is InChI=1S/C22H35N7.HI/c1-4-20(28-13-11-18-9-7-8-10-19(18)16-28)15-25-22(23-6-3)24-12-14-29-17-26-27-21(29)5-2;/h7-10,17,20H,4-6,11-16H2,1-3H3,(H2,23,24,25);1H. The van der Waals surface area contributed by atoms with E-state index in [0.717, 1.165) is 70.3 Å². The van der Waals surface area contributed by atoms with Crippen LogP contribution in [0.4, 0.5) is 0 Å². The van der Waals surface area contributed by atoms with Crippen molar-refractivity contribution in [2.75, 3.05) is 26.2 Å². The molecule has 2 heterocycles. The average Bonchev–Trinajstić information content (AvgIpc) is 3.21. The maximum atomic E-state index is 4.89. The van der Waals surface area contributed by atoms with Gasteiger partial charge < -0.3 is 15.2 Å². The topological polar surface area (TPSA) is 70.4 Å². The van der Waals surface area contributed by atoms with Gasteiger partial charge in [-0.1, -0.05) is 38.1 Å². The Morgan fingerprint density at radius 1 is 1.17 bits per heavy atom. The van der Waals surface area contributed by atoms with Gasteiger partial charge in [0.25, 0.3) is 0 Å². The largest absolute Gasteiger partial charge is 0.357 e. The Kier molecular flexibility index (Phi) is 10.6. The summed E-state index contributed by atoms with van der Waals surface area (Å²) in [5.41, 5.74) is 2.96. The van der Waals surface area contributed by atoms with Gasteiger partial charge in [-0.3, -0.25) is 9.89 Å². The van der Waals surface area contributed by atoms with E-state index in [2.05, 4.69) is 75.3 Å². The van der Waals surface area contributed by atoms with Gasteiger partial charge in [-0.25, -0.2) is 0 Å². The lowest BCUT2D eigenvalue weighted by Gasteiger charge is -2.34. The van der Waals surface area contributed by atoms with Gasteiger partial charge >= 0.3 is 0 Å². The minimum atomic E-state index is 0. The van der Waals surface area contributed by atoms with E-state index < -0.39 is 0 Å². The van der Waals surface area contributed by atoms with Crippen LogP contribution in [0.5, 0.6) is 0 Å². The van der Waals surface area contributed by atoms with Crippen LogP contribution in [0.15, 0.2) is 35.6 Å². The number of fused-ring (bicyclic) bond motifs is 1. The smallest absolute Gasteiger partial charge is 0.191 e. The zero-order valence-electron chi connectivity index (χ0n) is 18.5. The molecule has 1 aliphatic heterocycles. The van der Waals surface area contributed by atoms with E-state index in [1.807, 2.05) is 0 Å². The molecule has 0 radical (unpaired) electrons. The van der Waals surface area contributed by atoms with Crippen molar-refractivity contribution in [2.24, 2.45) is 4.99 Å². The van der Waals surface area contributed by atoms with Gasteiger partial charge in [0.1, 0.15) is 12.2 Å². The highest BCUT2D eigenvalue weighted by molar-refractivity contribution is 14.0. The first-order chi connectivity index (χ1) is 14.2. The van der Waals surface area contributed by atoms with Gasteiger partial charge in [0.05, 0.1) is 6.54 Å². The van der Waals surface area contributed by atoms with E-state index in [1.165, 1.54) is 11.1 Å². The van der Waals surface area contributed by atoms with E-state index in [-0.39, 0.29) is 24.0 Å². The summed E-state index contributed by atoms with van der Waals surface area (Å²) in [7, 11) is 0. The molecule has 166 valence electrons. The molecular weight excluding hydrogens is 489 g/mol. The number of benzene rings is 1. The molecule has 7 nitrogen and oxygen atoms in total. The van der Waals surface area contributed by atoms with Crippen LogP contribution in [0.25, 0.3) is 0 Å². The van der Waals surface area contributed by atoms with Crippen LogP contribution in [0.3, 0.4) is 0 Å². The SMILES string of the molecule is CCNC(=NCC(CC)N1CCc2ccccc2C1)NCCn1cnnc1CC.I. The molecule has 1 aromatic carbocycles. The number of nitrogens with zero attached hydrogens (tertiary/aromatic N) is 5. The molecule has 0 amide bonds. The summed E-state index contributed by atoms with van der Waals surface area (Å²) in [5, 5.41) is 15.0. The third kappa shape index (κ3) is 6.66. The van der Waals surface area contributed by atoms with Crippen molar-refractivity contribution in [3.8, 4) is 0 Å². The zero-order chi connectivity index (χ0) is 20.5. The zero-order valence-corrected chi connectivity index (χ0v) is 20.8. The summed E-state index contributed by atoms with van der Waals surface area (Å²) >= 11 is 0. The van der Waals surface area contributed by atoms with Crippen molar-refractivity contribution >= 4 is 29.9 Å². The maximum absolute atomic E-state index is 4.89. The molecule has 1 aromatic heterocycles. The van der Waals surface area contributed by atoms with Crippen molar-refractivity contribution in [1.82, 2.24) is 30.3 Å². The van der Waals surface area contributed by atoms with Crippen molar-refractivity contribution < 1.29 is 0 Å². The number of guanidine groups is 1. The van der Waals surface area contributed by atoms with Crippen molar-refractivity contribution in [2.45, 2.75) is 59.2 Å². The Bertz CT molecular complexity index is 789.